The number of nitrogens with zero attached hydrogens (tertiary/aromatic N) is 1. The van der Waals surface area contributed by atoms with Crippen molar-refractivity contribution in [2.45, 2.75) is 0 Å². The number of nitrogen functional groups attached to an aromatic ring is 1. The second-order valence-electron chi connectivity index (χ2n) is 3.00. The van der Waals surface area contributed by atoms with Gasteiger partial charge in [-0.1, -0.05) is 11.6 Å². The minimum atomic E-state index is 0.627. The molecule has 0 saturated heterocycles. The van der Waals surface area contributed by atoms with Gasteiger partial charge in [-0.3, -0.25) is 4.98 Å². The van der Waals surface area contributed by atoms with E-state index >= 15 is 0 Å². The lowest BCUT2D eigenvalue weighted by Crippen LogP contribution is -1.97. The van der Waals surface area contributed by atoms with Crippen molar-refractivity contribution in [3.63, 3.8) is 0 Å². The largest absolute Gasteiger partial charge is 0.396 e. The lowest BCUT2D eigenvalue weighted by Gasteiger charge is -2.08. The van der Waals surface area contributed by atoms with Crippen LogP contribution in [0.3, 0.4) is 0 Å². The number of pyridine rings is 1. The number of anilines is 2. The van der Waals surface area contributed by atoms with E-state index in [0.29, 0.717) is 10.7 Å². The van der Waals surface area contributed by atoms with E-state index in [-0.39, 0.29) is 0 Å². The summed E-state index contributed by atoms with van der Waals surface area (Å²) >= 11 is 5.90. The first-order valence-electron chi connectivity index (χ1n) is 4.24. The van der Waals surface area contributed by atoms with Gasteiger partial charge in [0.15, 0.2) is 0 Å². The molecule has 0 aliphatic rings. The molecule has 0 fully saturated rings. The lowest BCUT2D eigenvalue weighted by molar-refractivity contribution is 1.40. The van der Waals surface area contributed by atoms with Gasteiger partial charge >= 0.3 is 0 Å². The predicted molar refractivity (Wildman–Crippen MR) is 60.7 cm³/mol. The number of hydrogen-bond acceptors (Lipinski definition) is 3. The van der Waals surface area contributed by atoms with Crippen LogP contribution < -0.4 is 11.1 Å². The third-order valence-corrected chi connectivity index (χ3v) is 2.34. The Hall–Kier alpha value is -1.48. The van der Waals surface area contributed by atoms with E-state index in [2.05, 4.69) is 10.3 Å². The van der Waals surface area contributed by atoms with Crippen molar-refractivity contribution in [2.24, 2.45) is 0 Å². The fraction of sp³-hybridized carbons (Fsp3) is 0.100. The van der Waals surface area contributed by atoms with Gasteiger partial charge in [-0.2, -0.15) is 0 Å². The number of nitrogens with one attached hydrogen (secondary N) is 1. The van der Waals surface area contributed by atoms with Crippen LogP contribution in [0.5, 0.6) is 0 Å². The highest BCUT2D eigenvalue weighted by Gasteiger charge is 2.04. The summed E-state index contributed by atoms with van der Waals surface area (Å²) in [7, 11) is 1.83. The number of benzene rings is 1. The number of nitrogens with two attached hydrogens (primary N) is 1. The van der Waals surface area contributed by atoms with Gasteiger partial charge in [0.05, 0.1) is 23.1 Å². The van der Waals surface area contributed by atoms with E-state index in [1.165, 1.54) is 0 Å². The standard InChI is InChI=1S/C10H10ClN3/c1-13-10-7-4-6(11)2-3-9(7)14-5-8(10)12/h2-5H,12H2,1H3,(H,13,14). The highest BCUT2D eigenvalue weighted by Crippen LogP contribution is 2.29. The van der Waals surface area contributed by atoms with Gasteiger partial charge in [-0.15, -0.1) is 0 Å². The van der Waals surface area contributed by atoms with Crippen LogP contribution in [-0.4, -0.2) is 12.0 Å². The molecule has 0 aliphatic carbocycles. The Morgan fingerprint density at radius 2 is 2.21 bits per heavy atom. The van der Waals surface area contributed by atoms with E-state index in [4.69, 9.17) is 17.3 Å². The summed E-state index contributed by atoms with van der Waals surface area (Å²) in [6.45, 7) is 0. The molecule has 3 N–H and O–H groups in total. The van der Waals surface area contributed by atoms with Crippen LogP contribution in [0.4, 0.5) is 11.4 Å². The molecule has 0 amide bonds. The predicted octanol–water partition coefficient (Wildman–Crippen LogP) is 2.51. The van der Waals surface area contributed by atoms with Crippen LogP contribution in [0, 0.1) is 0 Å². The molecule has 2 aromatic rings. The smallest absolute Gasteiger partial charge is 0.0742 e. The molecular weight excluding hydrogens is 198 g/mol. The number of aromatic nitrogens is 1. The van der Waals surface area contributed by atoms with Crippen molar-refractivity contribution in [1.82, 2.24) is 4.98 Å². The molecule has 0 unspecified atom stereocenters. The fourth-order valence-corrected chi connectivity index (χ4v) is 1.63. The molecule has 72 valence electrons. The quantitative estimate of drug-likeness (QED) is 0.756. The van der Waals surface area contributed by atoms with Gasteiger partial charge in [0.1, 0.15) is 0 Å². The maximum absolute atomic E-state index is 5.90. The van der Waals surface area contributed by atoms with Crippen LogP contribution >= 0.6 is 11.6 Å². The van der Waals surface area contributed by atoms with Crippen LogP contribution in [-0.2, 0) is 0 Å². The van der Waals surface area contributed by atoms with Gasteiger partial charge in [0.2, 0.25) is 0 Å². The summed E-state index contributed by atoms with van der Waals surface area (Å²) in [6, 6.07) is 5.54. The Bertz CT molecular complexity index is 477. The van der Waals surface area contributed by atoms with Crippen LogP contribution in [0.1, 0.15) is 0 Å². The molecule has 2 rings (SSSR count). The number of hydrogen-bond donors (Lipinski definition) is 2. The molecule has 0 saturated carbocycles. The summed E-state index contributed by atoms with van der Waals surface area (Å²) in [4.78, 5) is 4.21. The van der Waals surface area contributed by atoms with Crippen molar-refractivity contribution in [1.29, 1.82) is 0 Å². The molecule has 0 radical (unpaired) electrons. The monoisotopic (exact) mass is 207 g/mol. The highest BCUT2D eigenvalue weighted by atomic mass is 35.5. The van der Waals surface area contributed by atoms with E-state index in [0.717, 1.165) is 16.6 Å². The third kappa shape index (κ3) is 1.36. The first-order chi connectivity index (χ1) is 6.72. The molecule has 0 aliphatic heterocycles. The van der Waals surface area contributed by atoms with Crippen molar-refractivity contribution in [2.75, 3.05) is 18.1 Å². The molecule has 14 heavy (non-hydrogen) atoms. The first-order valence-corrected chi connectivity index (χ1v) is 4.61. The first kappa shape index (κ1) is 9.09. The molecule has 4 heteroatoms. The zero-order valence-electron chi connectivity index (χ0n) is 7.71. The minimum Gasteiger partial charge on any atom is -0.396 e. The molecule has 3 nitrogen and oxygen atoms in total. The van der Waals surface area contributed by atoms with Crippen LogP contribution in [0.2, 0.25) is 5.02 Å². The van der Waals surface area contributed by atoms with Gasteiger partial charge in [-0.25, -0.2) is 0 Å². The topological polar surface area (TPSA) is 50.9 Å². The van der Waals surface area contributed by atoms with E-state index in [1.807, 2.05) is 25.2 Å². The Balaban J connectivity index is 2.84. The molecule has 0 atom stereocenters. The van der Waals surface area contributed by atoms with Gasteiger partial charge < -0.3 is 11.1 Å². The van der Waals surface area contributed by atoms with Crippen LogP contribution in [0.15, 0.2) is 24.4 Å². The summed E-state index contributed by atoms with van der Waals surface area (Å²) in [5.74, 6) is 0. The average molecular weight is 208 g/mol. The van der Waals surface area contributed by atoms with Gasteiger partial charge in [0, 0.05) is 17.5 Å². The number of halogens is 1. The average Bonchev–Trinajstić information content (AvgIpc) is 2.17. The Labute approximate surface area is 86.9 Å². The second kappa shape index (κ2) is 3.35. The molecular formula is C10H10ClN3. The van der Waals surface area contributed by atoms with Crippen LogP contribution in [0.25, 0.3) is 10.9 Å². The van der Waals surface area contributed by atoms with Crippen molar-refractivity contribution < 1.29 is 0 Å². The summed E-state index contributed by atoms with van der Waals surface area (Å²) < 4.78 is 0. The molecule has 0 bridgehead atoms. The zero-order chi connectivity index (χ0) is 10.1. The number of fused-ring (bicyclic) bond motifs is 1. The lowest BCUT2D eigenvalue weighted by atomic mass is 10.1. The van der Waals surface area contributed by atoms with E-state index in [9.17, 15) is 0 Å². The SMILES string of the molecule is CNc1c(N)cnc2ccc(Cl)cc12. The molecule has 1 aromatic heterocycles. The zero-order valence-corrected chi connectivity index (χ0v) is 8.47. The van der Waals surface area contributed by atoms with Crippen molar-refractivity contribution in [3.05, 3.63) is 29.4 Å². The third-order valence-electron chi connectivity index (χ3n) is 2.11. The fourth-order valence-electron chi connectivity index (χ4n) is 1.46. The van der Waals surface area contributed by atoms with Gasteiger partial charge in [-0.05, 0) is 18.2 Å². The van der Waals surface area contributed by atoms with Crippen molar-refractivity contribution >= 4 is 33.9 Å². The van der Waals surface area contributed by atoms with Gasteiger partial charge in [0.25, 0.3) is 0 Å². The Morgan fingerprint density at radius 1 is 1.43 bits per heavy atom. The minimum absolute atomic E-state index is 0.627. The summed E-state index contributed by atoms with van der Waals surface area (Å²) in [6.07, 6.45) is 1.64. The van der Waals surface area contributed by atoms with Crippen molar-refractivity contribution in [3.8, 4) is 0 Å². The van der Waals surface area contributed by atoms with E-state index in [1.54, 1.807) is 6.20 Å². The second-order valence-corrected chi connectivity index (χ2v) is 3.44. The highest BCUT2D eigenvalue weighted by molar-refractivity contribution is 6.31. The maximum atomic E-state index is 5.90. The maximum Gasteiger partial charge on any atom is 0.0742 e. The molecule has 0 spiro atoms. The number of rotatable bonds is 1. The summed E-state index contributed by atoms with van der Waals surface area (Å²) in [5, 5.41) is 4.67. The molecule has 1 heterocycles. The molecule has 1 aromatic carbocycles. The van der Waals surface area contributed by atoms with E-state index < -0.39 is 0 Å². The Kier molecular flexibility index (Phi) is 2.17. The summed E-state index contributed by atoms with van der Waals surface area (Å²) in [5.41, 5.74) is 8.16. The Morgan fingerprint density at radius 3 is 2.93 bits per heavy atom. The normalized spacial score (nSPS) is 10.4.